The quantitative estimate of drug-likeness (QED) is 0.178. The van der Waals surface area contributed by atoms with Crippen LogP contribution in [0, 0.1) is 11.8 Å². The molecule has 1 amide bonds. The number of para-hydroxylation sites is 1. The number of fused-ring (bicyclic) bond motifs is 1. The van der Waals surface area contributed by atoms with E-state index < -0.39 is 5.97 Å². The van der Waals surface area contributed by atoms with Crippen LogP contribution >= 0.6 is 0 Å². The predicted molar refractivity (Wildman–Crippen MR) is 193 cm³/mol. The highest BCUT2D eigenvalue weighted by Crippen LogP contribution is 2.46. The summed E-state index contributed by atoms with van der Waals surface area (Å²) < 4.78 is 1.66. The number of rotatable bonds is 11. The highest BCUT2D eigenvalue weighted by molar-refractivity contribution is 5.89. The Kier molecular flexibility index (Phi) is 9.07. The molecule has 49 heavy (non-hydrogen) atoms. The molecule has 0 atom stereocenters. The number of anilines is 1. The number of carboxylic acid groups (broad SMARTS) is 1. The van der Waals surface area contributed by atoms with E-state index in [0.29, 0.717) is 35.7 Å². The van der Waals surface area contributed by atoms with Crippen molar-refractivity contribution in [2.75, 3.05) is 24.5 Å². The number of carbonyl (C=O) groups excluding carboxylic acids is 1. The number of benzene rings is 2. The SMILES string of the molecule is CCc1cc(CN2CC(C)(C)c3cccc(-c4cccc(-n5ncc(C(=O)O)c5CC)n4)c32)ccc1CCC1CCN(C(=O)C2CC2)CC1. The molecule has 0 spiro atoms. The molecule has 3 aliphatic rings. The molecule has 8 nitrogen and oxygen atoms in total. The molecule has 4 heterocycles. The highest BCUT2D eigenvalue weighted by atomic mass is 16.4. The van der Waals surface area contributed by atoms with E-state index >= 15 is 0 Å². The number of aryl methyl sites for hydroxylation is 2. The number of aromatic carboxylic acids is 1. The van der Waals surface area contributed by atoms with Crippen LogP contribution in [0.2, 0.25) is 0 Å². The summed E-state index contributed by atoms with van der Waals surface area (Å²) in [6.45, 7) is 12.4. The summed E-state index contributed by atoms with van der Waals surface area (Å²) in [6.07, 6.45) is 9.70. The number of likely N-dealkylation sites (tertiary alicyclic amines) is 1. The molecular weight excluding hydrogens is 610 g/mol. The lowest BCUT2D eigenvalue weighted by Crippen LogP contribution is -2.39. The minimum Gasteiger partial charge on any atom is -0.478 e. The number of hydrogen-bond donors (Lipinski definition) is 1. The molecule has 2 aliphatic heterocycles. The Bertz CT molecular complexity index is 1860. The van der Waals surface area contributed by atoms with E-state index in [0.717, 1.165) is 76.0 Å². The van der Waals surface area contributed by atoms with Crippen LogP contribution in [0.4, 0.5) is 5.69 Å². The number of nitrogens with zero attached hydrogens (tertiary/aromatic N) is 5. The standard InChI is InChI=1S/C41H49N5O3/c1-5-29-23-28(14-16-30(29)15-13-27-19-21-44(22-20-27)39(47)31-17-18-31)25-45-26-41(3,4)34-10-7-9-32(38(34)45)35-11-8-12-37(43-35)46-36(6-2)33(24-42-46)40(48)49/h7-12,14,16,23-24,27,31H,5-6,13,15,17-22,25-26H2,1-4H3,(H,48,49). The first-order chi connectivity index (χ1) is 23.7. The molecule has 256 valence electrons. The zero-order chi connectivity index (χ0) is 34.3. The monoisotopic (exact) mass is 659 g/mol. The molecule has 2 fully saturated rings. The number of amides is 1. The average molecular weight is 660 g/mol. The van der Waals surface area contributed by atoms with Gasteiger partial charge in [0.2, 0.25) is 5.91 Å². The Balaban J connectivity index is 1.10. The fraction of sp³-hybridized carbons (Fsp3) is 0.463. The number of piperidine rings is 1. The lowest BCUT2D eigenvalue weighted by molar-refractivity contribution is -0.133. The summed E-state index contributed by atoms with van der Waals surface area (Å²) >= 11 is 0. The molecule has 2 aromatic heterocycles. The van der Waals surface area contributed by atoms with Gasteiger partial charge in [-0.1, -0.05) is 70.2 Å². The van der Waals surface area contributed by atoms with Crippen LogP contribution in [0.15, 0.2) is 60.8 Å². The first kappa shape index (κ1) is 33.1. The van der Waals surface area contributed by atoms with E-state index in [9.17, 15) is 14.7 Å². The van der Waals surface area contributed by atoms with E-state index in [1.807, 2.05) is 25.1 Å². The van der Waals surface area contributed by atoms with Crippen molar-refractivity contribution in [3.8, 4) is 17.1 Å². The molecule has 1 saturated carbocycles. The summed E-state index contributed by atoms with van der Waals surface area (Å²) in [5, 5.41) is 14.1. The maximum atomic E-state index is 12.5. The average Bonchev–Trinajstić information content (AvgIpc) is 3.81. The topological polar surface area (TPSA) is 91.6 Å². The second-order valence-corrected chi connectivity index (χ2v) is 14.9. The number of carboxylic acids is 1. The Morgan fingerprint density at radius 1 is 0.939 bits per heavy atom. The van der Waals surface area contributed by atoms with Gasteiger partial charge in [-0.05, 0) is 91.7 Å². The van der Waals surface area contributed by atoms with Crippen LogP contribution < -0.4 is 4.90 Å². The molecular formula is C41H49N5O3. The van der Waals surface area contributed by atoms with Crippen LogP contribution in [0.25, 0.3) is 17.1 Å². The van der Waals surface area contributed by atoms with E-state index in [2.05, 4.69) is 72.1 Å². The summed E-state index contributed by atoms with van der Waals surface area (Å²) in [5.41, 5.74) is 9.49. The molecule has 4 aromatic rings. The minimum atomic E-state index is -0.976. The van der Waals surface area contributed by atoms with Gasteiger partial charge in [-0.15, -0.1) is 0 Å². The maximum Gasteiger partial charge on any atom is 0.339 e. The first-order valence-corrected chi connectivity index (χ1v) is 18.2. The van der Waals surface area contributed by atoms with Gasteiger partial charge in [-0.25, -0.2) is 14.5 Å². The first-order valence-electron chi connectivity index (χ1n) is 18.2. The van der Waals surface area contributed by atoms with Crippen molar-refractivity contribution in [3.63, 3.8) is 0 Å². The molecule has 8 heteroatoms. The van der Waals surface area contributed by atoms with Gasteiger partial charge < -0.3 is 14.9 Å². The fourth-order valence-electron chi connectivity index (χ4n) is 8.16. The Morgan fingerprint density at radius 2 is 1.71 bits per heavy atom. The van der Waals surface area contributed by atoms with Gasteiger partial charge in [0.15, 0.2) is 5.82 Å². The highest BCUT2D eigenvalue weighted by Gasteiger charge is 2.37. The van der Waals surface area contributed by atoms with Gasteiger partial charge in [0.05, 0.1) is 23.3 Å². The second kappa shape index (κ2) is 13.4. The molecule has 0 radical (unpaired) electrons. The summed E-state index contributed by atoms with van der Waals surface area (Å²) in [6, 6.07) is 19.5. The van der Waals surface area contributed by atoms with E-state index in [1.165, 1.54) is 40.6 Å². The number of pyridine rings is 1. The van der Waals surface area contributed by atoms with Crippen LogP contribution in [0.1, 0.15) is 98.1 Å². The predicted octanol–water partition coefficient (Wildman–Crippen LogP) is 7.64. The van der Waals surface area contributed by atoms with Gasteiger partial charge in [0.1, 0.15) is 5.56 Å². The molecule has 0 unspecified atom stereocenters. The Hall–Kier alpha value is -4.46. The van der Waals surface area contributed by atoms with Crippen molar-refractivity contribution in [1.82, 2.24) is 19.7 Å². The second-order valence-electron chi connectivity index (χ2n) is 14.9. The lowest BCUT2D eigenvalue weighted by Gasteiger charge is -2.32. The third-order valence-corrected chi connectivity index (χ3v) is 11.0. The van der Waals surface area contributed by atoms with Crippen molar-refractivity contribution in [1.29, 1.82) is 0 Å². The third-order valence-electron chi connectivity index (χ3n) is 11.0. The van der Waals surface area contributed by atoms with Crippen molar-refractivity contribution in [2.45, 2.75) is 91.0 Å². The molecule has 1 saturated heterocycles. The largest absolute Gasteiger partial charge is 0.478 e. The van der Waals surface area contributed by atoms with Crippen LogP contribution in [0.5, 0.6) is 0 Å². The summed E-state index contributed by atoms with van der Waals surface area (Å²) in [5.74, 6) is 1.07. The fourth-order valence-corrected chi connectivity index (χ4v) is 8.16. The summed E-state index contributed by atoms with van der Waals surface area (Å²) in [4.78, 5) is 34.0. The van der Waals surface area contributed by atoms with Crippen molar-refractivity contribution in [2.24, 2.45) is 11.8 Å². The molecule has 2 aromatic carbocycles. The van der Waals surface area contributed by atoms with Crippen molar-refractivity contribution in [3.05, 3.63) is 94.3 Å². The van der Waals surface area contributed by atoms with E-state index in [4.69, 9.17) is 4.98 Å². The Labute approximate surface area is 290 Å². The number of hydrogen-bond acceptors (Lipinski definition) is 5. The Morgan fingerprint density at radius 3 is 2.43 bits per heavy atom. The van der Waals surface area contributed by atoms with Gasteiger partial charge >= 0.3 is 5.97 Å². The maximum absolute atomic E-state index is 12.5. The van der Waals surface area contributed by atoms with Gasteiger partial charge in [-0.2, -0.15) is 5.10 Å². The third kappa shape index (κ3) is 6.62. The summed E-state index contributed by atoms with van der Waals surface area (Å²) in [7, 11) is 0. The van der Waals surface area contributed by atoms with Crippen LogP contribution in [-0.4, -0.2) is 56.3 Å². The smallest absolute Gasteiger partial charge is 0.339 e. The van der Waals surface area contributed by atoms with Crippen molar-refractivity contribution >= 4 is 17.6 Å². The van der Waals surface area contributed by atoms with Gasteiger partial charge in [-0.3, -0.25) is 4.79 Å². The number of carbonyl (C=O) groups is 2. The molecule has 1 N–H and O–H groups in total. The number of aromatic nitrogens is 3. The molecule has 0 bridgehead atoms. The van der Waals surface area contributed by atoms with Crippen LogP contribution in [0.3, 0.4) is 0 Å². The van der Waals surface area contributed by atoms with E-state index in [-0.39, 0.29) is 11.0 Å². The lowest BCUT2D eigenvalue weighted by atomic mass is 9.86. The zero-order valence-corrected chi connectivity index (χ0v) is 29.4. The van der Waals surface area contributed by atoms with Gasteiger partial charge in [0, 0.05) is 43.1 Å². The van der Waals surface area contributed by atoms with E-state index in [1.54, 1.807) is 4.68 Å². The van der Waals surface area contributed by atoms with Gasteiger partial charge in [0.25, 0.3) is 0 Å². The normalized spacial score (nSPS) is 17.4. The molecule has 7 rings (SSSR count). The molecule has 1 aliphatic carbocycles. The van der Waals surface area contributed by atoms with Crippen LogP contribution in [-0.2, 0) is 36.0 Å². The minimum absolute atomic E-state index is 0.0247. The zero-order valence-electron chi connectivity index (χ0n) is 29.4. The van der Waals surface area contributed by atoms with Crippen molar-refractivity contribution < 1.29 is 14.7 Å².